The molecule has 0 saturated heterocycles. The molecule has 4 heteroatoms. The monoisotopic (exact) mass is 218 g/mol. The summed E-state index contributed by atoms with van der Waals surface area (Å²) in [6, 6.07) is 3.17. The smallest absolute Gasteiger partial charge is 0.252 e. The van der Waals surface area contributed by atoms with Gasteiger partial charge in [-0.25, -0.2) is 0 Å². The van der Waals surface area contributed by atoms with Crippen LogP contribution in [0.2, 0.25) is 0 Å². The number of aliphatic hydroxyl groups is 1. The molecular weight excluding hydrogens is 204 g/mol. The van der Waals surface area contributed by atoms with Crippen LogP contribution < -0.4 is 5.56 Å². The molecule has 2 aromatic heterocycles. The molecule has 3 rings (SSSR count). The number of aromatic nitrogens is 2. The Bertz CT molecular complexity index is 672. The van der Waals surface area contributed by atoms with Crippen LogP contribution in [0.5, 0.6) is 0 Å². The van der Waals surface area contributed by atoms with Crippen LogP contribution in [0.4, 0.5) is 0 Å². The van der Waals surface area contributed by atoms with Gasteiger partial charge in [-0.3, -0.25) is 9.78 Å². The van der Waals surface area contributed by atoms with Crippen LogP contribution >= 0.6 is 0 Å². The van der Waals surface area contributed by atoms with Crippen molar-refractivity contribution in [1.29, 1.82) is 0 Å². The van der Waals surface area contributed by atoms with Gasteiger partial charge >= 0.3 is 0 Å². The first-order chi connectivity index (χ1) is 8.45. The van der Waals surface area contributed by atoms with Crippen molar-refractivity contribution >= 4 is 11.0 Å². The summed E-state index contributed by atoms with van der Waals surface area (Å²) < 4.78 is 14.4. The van der Waals surface area contributed by atoms with E-state index in [2.05, 4.69) is 9.97 Å². The molecular formula is C12H12N2O2. The van der Waals surface area contributed by atoms with Crippen molar-refractivity contribution < 1.29 is 7.85 Å². The van der Waals surface area contributed by atoms with Crippen molar-refractivity contribution in [2.45, 2.75) is 25.3 Å². The fraction of sp³-hybridized carbons (Fsp3) is 0.333. The van der Waals surface area contributed by atoms with Crippen LogP contribution in [-0.2, 0) is 6.56 Å². The Labute approximate surface area is 94.8 Å². The van der Waals surface area contributed by atoms with E-state index in [1.165, 1.54) is 12.3 Å². The van der Waals surface area contributed by atoms with Crippen molar-refractivity contribution in [3.8, 4) is 0 Å². The topological polar surface area (TPSA) is 66.0 Å². The Balaban J connectivity index is 2.18. The van der Waals surface area contributed by atoms with E-state index in [4.69, 9.17) is 2.74 Å². The average Bonchev–Trinajstić information content (AvgIpc) is 3.10. The number of aromatic amines is 1. The Morgan fingerprint density at radius 1 is 1.56 bits per heavy atom. The van der Waals surface area contributed by atoms with Crippen molar-refractivity contribution in [2.24, 2.45) is 0 Å². The number of H-pyrrole nitrogens is 1. The standard InChI is InChI=1S/C12H12N2O2/c15-6-7-3-11-10(13-5-7)4-9(8-1-2-8)12(16)14-11/h3-5,8,15H,1-2,6H2,(H,14,16)/i6D2. The summed E-state index contributed by atoms with van der Waals surface area (Å²) in [7, 11) is 0. The number of hydrogen-bond donors (Lipinski definition) is 2. The van der Waals surface area contributed by atoms with Crippen LogP contribution in [0, 0.1) is 0 Å². The van der Waals surface area contributed by atoms with E-state index < -0.39 is 6.56 Å². The number of nitrogens with one attached hydrogen (secondary N) is 1. The molecule has 1 aliphatic carbocycles. The number of fused-ring (bicyclic) bond motifs is 1. The third kappa shape index (κ3) is 1.51. The SMILES string of the molecule is [2H]C([2H])(O)c1cnc2cc(C3CC3)c(=O)[nH]c2c1. The lowest BCUT2D eigenvalue weighted by atomic mass is 10.1. The predicted octanol–water partition coefficient (Wildman–Crippen LogP) is 1.29. The Morgan fingerprint density at radius 3 is 3.06 bits per heavy atom. The molecule has 2 heterocycles. The van der Waals surface area contributed by atoms with Crippen LogP contribution in [0.1, 0.15) is 32.6 Å². The lowest BCUT2D eigenvalue weighted by molar-refractivity contribution is 0.281. The van der Waals surface area contributed by atoms with Gasteiger partial charge in [0.2, 0.25) is 0 Å². The number of hydrogen-bond acceptors (Lipinski definition) is 3. The summed E-state index contributed by atoms with van der Waals surface area (Å²) in [6.07, 6.45) is 3.36. The second kappa shape index (κ2) is 3.42. The summed E-state index contributed by atoms with van der Waals surface area (Å²) in [5.74, 6) is 0.337. The van der Waals surface area contributed by atoms with Crippen molar-refractivity contribution in [3.63, 3.8) is 0 Å². The van der Waals surface area contributed by atoms with E-state index in [0.29, 0.717) is 17.0 Å². The summed E-state index contributed by atoms with van der Waals surface area (Å²) in [5.41, 5.74) is 1.69. The van der Waals surface area contributed by atoms with Gasteiger partial charge < -0.3 is 10.1 Å². The lowest BCUT2D eigenvalue weighted by Gasteiger charge is -2.02. The predicted molar refractivity (Wildman–Crippen MR) is 60.3 cm³/mol. The highest BCUT2D eigenvalue weighted by molar-refractivity contribution is 5.75. The molecule has 0 aliphatic heterocycles. The number of rotatable bonds is 2. The molecule has 2 aromatic rings. The van der Waals surface area contributed by atoms with E-state index in [1.54, 1.807) is 6.07 Å². The molecule has 0 unspecified atom stereocenters. The van der Waals surface area contributed by atoms with Gasteiger partial charge in [0.05, 0.1) is 20.3 Å². The molecule has 0 amide bonds. The normalized spacial score (nSPS) is 18.3. The van der Waals surface area contributed by atoms with Gasteiger partial charge in [0, 0.05) is 11.8 Å². The van der Waals surface area contributed by atoms with Gasteiger partial charge in [-0.2, -0.15) is 0 Å². The molecule has 0 bridgehead atoms. The Kier molecular flexibility index (Phi) is 1.62. The highest BCUT2D eigenvalue weighted by Gasteiger charge is 2.26. The highest BCUT2D eigenvalue weighted by atomic mass is 16.3. The molecule has 0 radical (unpaired) electrons. The third-order valence-corrected chi connectivity index (χ3v) is 2.87. The number of nitrogens with zero attached hydrogens (tertiary/aromatic N) is 1. The van der Waals surface area contributed by atoms with Gasteiger partial charge in [-0.1, -0.05) is 0 Å². The zero-order valence-corrected chi connectivity index (χ0v) is 8.53. The summed E-state index contributed by atoms with van der Waals surface area (Å²) in [5, 5.41) is 9.27. The molecule has 0 aromatic carbocycles. The third-order valence-electron chi connectivity index (χ3n) is 2.87. The van der Waals surface area contributed by atoms with Gasteiger partial charge in [-0.15, -0.1) is 0 Å². The highest BCUT2D eigenvalue weighted by Crippen LogP contribution is 2.38. The quantitative estimate of drug-likeness (QED) is 0.798. The van der Waals surface area contributed by atoms with Gasteiger partial charge in [0.15, 0.2) is 0 Å². The molecule has 1 saturated carbocycles. The molecule has 1 aliphatic rings. The van der Waals surface area contributed by atoms with E-state index in [0.717, 1.165) is 18.4 Å². The molecule has 0 atom stereocenters. The van der Waals surface area contributed by atoms with Gasteiger partial charge in [0.1, 0.15) is 0 Å². The van der Waals surface area contributed by atoms with E-state index in [-0.39, 0.29) is 11.1 Å². The first kappa shape index (κ1) is 7.57. The minimum atomic E-state index is -2.45. The van der Waals surface area contributed by atoms with Crippen LogP contribution in [-0.4, -0.2) is 15.1 Å². The maximum absolute atomic E-state index is 11.8. The van der Waals surface area contributed by atoms with Crippen molar-refractivity contribution in [1.82, 2.24) is 9.97 Å². The molecule has 0 spiro atoms. The zero-order valence-electron chi connectivity index (χ0n) is 10.5. The summed E-state index contributed by atoms with van der Waals surface area (Å²) in [6.45, 7) is -2.45. The lowest BCUT2D eigenvalue weighted by Crippen LogP contribution is -2.11. The second-order valence-corrected chi connectivity index (χ2v) is 4.10. The molecule has 16 heavy (non-hydrogen) atoms. The number of pyridine rings is 2. The van der Waals surface area contributed by atoms with E-state index >= 15 is 0 Å². The largest absolute Gasteiger partial charge is 0.392 e. The minimum Gasteiger partial charge on any atom is -0.392 e. The second-order valence-electron chi connectivity index (χ2n) is 4.10. The molecule has 4 nitrogen and oxygen atoms in total. The first-order valence-corrected chi connectivity index (χ1v) is 5.21. The van der Waals surface area contributed by atoms with E-state index in [9.17, 15) is 9.90 Å². The first-order valence-electron chi connectivity index (χ1n) is 6.21. The van der Waals surface area contributed by atoms with Crippen LogP contribution in [0.25, 0.3) is 11.0 Å². The Morgan fingerprint density at radius 2 is 2.38 bits per heavy atom. The fourth-order valence-corrected chi connectivity index (χ4v) is 1.86. The van der Waals surface area contributed by atoms with Crippen molar-refractivity contribution in [2.75, 3.05) is 0 Å². The van der Waals surface area contributed by atoms with Gasteiger partial charge in [-0.05, 0) is 36.5 Å². The molecule has 1 fully saturated rings. The minimum absolute atomic E-state index is 0.0322. The van der Waals surface area contributed by atoms with Crippen LogP contribution in [0.3, 0.4) is 0 Å². The molecule has 2 N–H and O–H groups in total. The maximum atomic E-state index is 11.8. The molecule has 82 valence electrons. The van der Waals surface area contributed by atoms with Crippen LogP contribution in [0.15, 0.2) is 23.1 Å². The summed E-state index contributed by atoms with van der Waals surface area (Å²) >= 11 is 0. The Hall–Kier alpha value is -1.68. The summed E-state index contributed by atoms with van der Waals surface area (Å²) in [4.78, 5) is 18.6. The van der Waals surface area contributed by atoms with E-state index in [1.807, 2.05) is 0 Å². The average molecular weight is 218 g/mol. The zero-order chi connectivity index (χ0) is 12.9. The maximum Gasteiger partial charge on any atom is 0.252 e. The fourth-order valence-electron chi connectivity index (χ4n) is 1.86. The van der Waals surface area contributed by atoms with Gasteiger partial charge in [0.25, 0.3) is 5.56 Å². The van der Waals surface area contributed by atoms with Crippen molar-refractivity contribution in [3.05, 3.63) is 39.8 Å².